The summed E-state index contributed by atoms with van der Waals surface area (Å²) >= 11 is 1.45. The lowest BCUT2D eigenvalue weighted by atomic mass is 9.91. The Morgan fingerprint density at radius 1 is 1.25 bits per heavy atom. The van der Waals surface area contributed by atoms with Crippen LogP contribution >= 0.6 is 11.8 Å². The maximum absolute atomic E-state index is 12.9. The quantitative estimate of drug-likeness (QED) is 0.619. The molecule has 28 heavy (non-hydrogen) atoms. The van der Waals surface area contributed by atoms with Crippen LogP contribution in [0.1, 0.15) is 17.2 Å². The van der Waals surface area contributed by atoms with E-state index in [0.717, 1.165) is 17.2 Å². The number of carbonyl (C=O) groups excluding carboxylic acids is 2. The lowest BCUT2D eigenvalue weighted by Gasteiger charge is -2.17. The Bertz CT molecular complexity index is 887. The van der Waals surface area contributed by atoms with Gasteiger partial charge in [-0.2, -0.15) is 13.2 Å². The highest BCUT2D eigenvalue weighted by Crippen LogP contribution is 2.35. The highest BCUT2D eigenvalue weighted by atomic mass is 32.2. The summed E-state index contributed by atoms with van der Waals surface area (Å²) in [5.74, 6) is -2.56. The van der Waals surface area contributed by atoms with Crippen LogP contribution in [-0.2, 0) is 15.8 Å². The van der Waals surface area contributed by atoms with Crippen LogP contribution in [0.2, 0.25) is 0 Å². The van der Waals surface area contributed by atoms with Gasteiger partial charge in [0.2, 0.25) is 11.8 Å². The molecule has 5 nitrogen and oxygen atoms in total. The number of para-hydroxylation sites is 1. The third-order valence-electron chi connectivity index (χ3n) is 4.66. The van der Waals surface area contributed by atoms with Gasteiger partial charge in [0.1, 0.15) is 5.92 Å². The van der Waals surface area contributed by atoms with Crippen molar-refractivity contribution >= 4 is 29.3 Å². The number of pyridine rings is 1. The zero-order valence-electron chi connectivity index (χ0n) is 15.2. The number of benzene rings is 1. The molecular weight excluding hydrogens is 391 g/mol. The maximum atomic E-state index is 12.9. The van der Waals surface area contributed by atoms with Gasteiger partial charge >= 0.3 is 6.18 Å². The summed E-state index contributed by atoms with van der Waals surface area (Å²) < 4.78 is 38.3. The normalized spacial score (nSPS) is 19.8. The summed E-state index contributed by atoms with van der Waals surface area (Å²) in [5, 5.41) is 2.77. The molecule has 1 aromatic heterocycles. The van der Waals surface area contributed by atoms with Gasteiger partial charge in [-0.1, -0.05) is 12.1 Å². The first-order chi connectivity index (χ1) is 13.2. The Labute approximate surface area is 164 Å². The smallest absolute Gasteiger partial charge is 0.344 e. The molecule has 0 spiro atoms. The lowest BCUT2D eigenvalue weighted by Crippen LogP contribution is -2.33. The molecule has 2 atom stereocenters. The molecule has 2 heterocycles. The molecule has 0 bridgehead atoms. The molecule has 3 rings (SSSR count). The average molecular weight is 409 g/mol. The van der Waals surface area contributed by atoms with Crippen LogP contribution in [0.15, 0.2) is 47.5 Å². The second-order valence-corrected chi connectivity index (χ2v) is 7.31. The number of thioether (sulfide) groups is 1. The van der Waals surface area contributed by atoms with Gasteiger partial charge in [0.25, 0.3) is 0 Å². The van der Waals surface area contributed by atoms with Crippen LogP contribution in [0, 0.1) is 5.92 Å². The third-order valence-corrected chi connectivity index (χ3v) is 5.45. The molecule has 2 aromatic rings. The van der Waals surface area contributed by atoms with Crippen LogP contribution < -0.4 is 5.32 Å². The van der Waals surface area contributed by atoms with E-state index < -0.39 is 29.5 Å². The van der Waals surface area contributed by atoms with E-state index in [0.29, 0.717) is 5.69 Å². The van der Waals surface area contributed by atoms with Crippen LogP contribution in [0.5, 0.6) is 0 Å². The zero-order valence-corrected chi connectivity index (χ0v) is 16.0. The van der Waals surface area contributed by atoms with E-state index in [9.17, 15) is 22.8 Å². The van der Waals surface area contributed by atoms with Crippen molar-refractivity contribution < 1.29 is 22.8 Å². The van der Waals surface area contributed by atoms with Gasteiger partial charge in [-0.3, -0.25) is 14.6 Å². The monoisotopic (exact) mass is 409 g/mol. The van der Waals surface area contributed by atoms with Crippen molar-refractivity contribution in [2.75, 3.05) is 25.2 Å². The minimum atomic E-state index is -4.49. The van der Waals surface area contributed by atoms with Gasteiger partial charge in [-0.05, 0) is 30.5 Å². The summed E-state index contributed by atoms with van der Waals surface area (Å²) in [6.07, 6.45) is -1.89. The van der Waals surface area contributed by atoms with E-state index in [1.165, 1.54) is 22.7 Å². The molecule has 1 fully saturated rings. The highest BCUT2D eigenvalue weighted by Gasteiger charge is 2.45. The first-order valence-corrected chi connectivity index (χ1v) is 9.67. The fraction of sp³-hybridized carbons (Fsp3) is 0.316. The summed E-state index contributed by atoms with van der Waals surface area (Å²) in [6, 6.07) is 9.34. The number of likely N-dealkylation sites (tertiary alicyclic amines) is 1. The van der Waals surface area contributed by atoms with Crippen LogP contribution in [0.3, 0.4) is 0 Å². The molecule has 0 unspecified atom stereocenters. The van der Waals surface area contributed by atoms with E-state index in [1.54, 1.807) is 19.2 Å². The predicted octanol–water partition coefficient (Wildman–Crippen LogP) is 3.63. The summed E-state index contributed by atoms with van der Waals surface area (Å²) in [4.78, 5) is 31.6. The van der Waals surface area contributed by atoms with E-state index in [-0.39, 0.29) is 18.1 Å². The molecule has 148 valence electrons. The Morgan fingerprint density at radius 3 is 2.57 bits per heavy atom. The highest BCUT2D eigenvalue weighted by molar-refractivity contribution is 7.98. The van der Waals surface area contributed by atoms with Crippen LogP contribution in [0.25, 0.3) is 0 Å². The molecule has 1 saturated heterocycles. The molecule has 1 N–H and O–H groups in total. The number of likely N-dealkylation sites (N-methyl/N-ethyl adjacent to an activating group) is 1. The van der Waals surface area contributed by atoms with Crippen molar-refractivity contribution in [3.63, 3.8) is 0 Å². The molecule has 1 aliphatic rings. The van der Waals surface area contributed by atoms with Gasteiger partial charge in [-0.15, -0.1) is 11.8 Å². The number of halogens is 3. The number of hydrogen-bond acceptors (Lipinski definition) is 4. The van der Waals surface area contributed by atoms with Crippen molar-refractivity contribution in [3.05, 3.63) is 53.9 Å². The summed E-state index contributed by atoms with van der Waals surface area (Å²) in [7, 11) is 1.56. The van der Waals surface area contributed by atoms with Gasteiger partial charge < -0.3 is 10.2 Å². The fourth-order valence-corrected chi connectivity index (χ4v) is 3.76. The zero-order chi connectivity index (χ0) is 20.5. The van der Waals surface area contributed by atoms with Crippen LogP contribution in [0.4, 0.5) is 18.9 Å². The van der Waals surface area contributed by atoms with Gasteiger partial charge in [0, 0.05) is 36.3 Å². The van der Waals surface area contributed by atoms with Gasteiger partial charge in [0.15, 0.2) is 0 Å². The van der Waals surface area contributed by atoms with E-state index in [2.05, 4.69) is 10.3 Å². The first-order valence-electron chi connectivity index (χ1n) is 8.44. The van der Waals surface area contributed by atoms with Crippen molar-refractivity contribution in [1.29, 1.82) is 0 Å². The fourth-order valence-electron chi connectivity index (χ4n) is 3.21. The van der Waals surface area contributed by atoms with Crippen molar-refractivity contribution in [3.8, 4) is 0 Å². The molecule has 0 saturated carbocycles. The Kier molecular flexibility index (Phi) is 5.64. The number of nitrogens with one attached hydrogen (secondary N) is 1. The minimum absolute atomic E-state index is 0.208. The molecule has 2 amide bonds. The number of anilines is 1. The Hall–Kier alpha value is -2.55. The SMILES string of the molecule is CSc1ccccc1NC(=O)[C@H]1C(=O)N(C)C[C@@H]1c1ccc(C(F)(F)F)cn1. The number of carbonyl (C=O) groups is 2. The molecule has 1 aromatic carbocycles. The Balaban J connectivity index is 1.87. The number of amides is 2. The van der Waals surface area contributed by atoms with E-state index in [1.807, 2.05) is 18.4 Å². The first kappa shape index (κ1) is 20.2. The molecule has 0 radical (unpaired) electrons. The van der Waals surface area contributed by atoms with Crippen molar-refractivity contribution in [2.45, 2.75) is 17.0 Å². The molecular formula is C19H18F3N3O2S. The topological polar surface area (TPSA) is 62.3 Å². The predicted molar refractivity (Wildman–Crippen MR) is 100.0 cm³/mol. The number of rotatable bonds is 4. The van der Waals surface area contributed by atoms with Crippen LogP contribution in [-0.4, -0.2) is 41.5 Å². The Morgan fingerprint density at radius 2 is 1.96 bits per heavy atom. The largest absolute Gasteiger partial charge is 0.417 e. The van der Waals surface area contributed by atoms with Gasteiger partial charge in [0.05, 0.1) is 11.3 Å². The van der Waals surface area contributed by atoms with E-state index >= 15 is 0 Å². The van der Waals surface area contributed by atoms with Gasteiger partial charge in [-0.25, -0.2) is 0 Å². The maximum Gasteiger partial charge on any atom is 0.417 e. The van der Waals surface area contributed by atoms with E-state index in [4.69, 9.17) is 0 Å². The third kappa shape index (κ3) is 3.99. The summed E-state index contributed by atoms with van der Waals surface area (Å²) in [5.41, 5.74) is -0.00527. The number of aromatic nitrogens is 1. The molecule has 9 heteroatoms. The summed E-state index contributed by atoms with van der Waals surface area (Å²) in [6.45, 7) is 0.208. The standard InChI is InChI=1S/C19H18F3N3O2S/c1-25-10-12(13-8-7-11(9-23-13)19(20,21)22)16(18(25)27)17(26)24-14-5-3-4-6-15(14)28-2/h3-9,12,16H,10H2,1-2H3,(H,24,26)/t12-,16+/m1/s1. The second kappa shape index (κ2) is 7.83. The van der Waals surface area contributed by atoms with Crippen molar-refractivity contribution in [1.82, 2.24) is 9.88 Å². The molecule has 1 aliphatic heterocycles. The van der Waals surface area contributed by atoms with Crippen molar-refractivity contribution in [2.24, 2.45) is 5.92 Å². The second-order valence-electron chi connectivity index (χ2n) is 6.46. The lowest BCUT2D eigenvalue weighted by molar-refractivity contribution is -0.138. The number of alkyl halides is 3. The number of nitrogens with zero attached hydrogens (tertiary/aromatic N) is 2. The number of hydrogen-bond donors (Lipinski definition) is 1. The minimum Gasteiger partial charge on any atom is -0.344 e. The molecule has 0 aliphatic carbocycles. The average Bonchev–Trinajstić information content (AvgIpc) is 2.96.